The number of hydrogen-bond donors (Lipinski definition) is 0. The number of para-hydroxylation sites is 2. The van der Waals surface area contributed by atoms with Crippen LogP contribution in [0.15, 0.2) is 72.6 Å². The van der Waals surface area contributed by atoms with Crippen molar-refractivity contribution in [2.75, 3.05) is 11.9 Å². The lowest BCUT2D eigenvalue weighted by Crippen LogP contribution is -2.12. The topological polar surface area (TPSA) is 12.5 Å². The van der Waals surface area contributed by atoms with Crippen LogP contribution in [0.4, 0.5) is 5.69 Å². The molecule has 0 atom stereocenters. The van der Waals surface area contributed by atoms with Crippen molar-refractivity contribution in [3.63, 3.8) is 0 Å². The highest BCUT2D eigenvalue weighted by atomic mass is 16.5. The molecular weight excluding hydrogens is 258 g/mol. The second-order valence-corrected chi connectivity index (χ2v) is 5.22. The van der Waals surface area contributed by atoms with Gasteiger partial charge in [-0.05, 0) is 34.5 Å². The number of hydrogen-bond acceptors (Lipinski definition) is 2. The van der Waals surface area contributed by atoms with Crippen LogP contribution in [-0.2, 0) is 0 Å². The number of anilines is 1. The Balaban J connectivity index is 1.74. The largest absolute Gasteiger partial charge is 0.439 e. The van der Waals surface area contributed by atoms with E-state index in [9.17, 15) is 0 Å². The number of nitrogens with zero attached hydrogens (tertiary/aromatic N) is 1. The van der Waals surface area contributed by atoms with E-state index < -0.39 is 0 Å². The van der Waals surface area contributed by atoms with E-state index in [2.05, 4.69) is 59.5 Å². The van der Waals surface area contributed by atoms with E-state index >= 15 is 0 Å². The van der Waals surface area contributed by atoms with Gasteiger partial charge in [0.2, 0.25) is 5.88 Å². The molecule has 1 aliphatic heterocycles. The summed E-state index contributed by atoms with van der Waals surface area (Å²) in [4.78, 5) is 2.07. The van der Waals surface area contributed by atoms with Crippen molar-refractivity contribution in [2.45, 2.75) is 0 Å². The maximum Gasteiger partial charge on any atom is 0.200 e. The van der Waals surface area contributed by atoms with Gasteiger partial charge in [-0.2, -0.15) is 0 Å². The second kappa shape index (κ2) is 4.67. The predicted octanol–water partition coefficient (Wildman–Crippen LogP) is 4.67. The lowest BCUT2D eigenvalue weighted by molar-refractivity contribution is 0.449. The van der Waals surface area contributed by atoms with Crippen molar-refractivity contribution in [1.82, 2.24) is 0 Å². The number of rotatable bonds is 1. The highest BCUT2D eigenvalue weighted by Gasteiger charge is 2.21. The summed E-state index contributed by atoms with van der Waals surface area (Å²) >= 11 is 0. The summed E-state index contributed by atoms with van der Waals surface area (Å²) in [6.07, 6.45) is 2.08. The lowest BCUT2D eigenvalue weighted by Gasteiger charge is -2.11. The predicted molar refractivity (Wildman–Crippen MR) is 87.4 cm³/mol. The minimum atomic E-state index is 0.853. The molecule has 0 bridgehead atoms. The highest BCUT2D eigenvalue weighted by Crippen LogP contribution is 2.38. The van der Waals surface area contributed by atoms with Gasteiger partial charge < -0.3 is 9.64 Å². The molecule has 102 valence electrons. The van der Waals surface area contributed by atoms with Crippen LogP contribution < -0.4 is 9.64 Å². The smallest absolute Gasteiger partial charge is 0.200 e. The third kappa shape index (κ3) is 2.05. The molecule has 0 aromatic heterocycles. The molecule has 0 N–H and O–H groups in total. The highest BCUT2D eigenvalue weighted by molar-refractivity contribution is 5.85. The Morgan fingerprint density at radius 2 is 1.62 bits per heavy atom. The molecule has 2 heteroatoms. The average Bonchev–Trinajstić information content (AvgIpc) is 2.84. The van der Waals surface area contributed by atoms with Crippen LogP contribution in [0.3, 0.4) is 0 Å². The average molecular weight is 273 g/mol. The summed E-state index contributed by atoms with van der Waals surface area (Å²) in [5, 5.41) is 2.49. The fourth-order valence-electron chi connectivity index (χ4n) is 2.69. The maximum absolute atomic E-state index is 5.92. The van der Waals surface area contributed by atoms with Gasteiger partial charge in [0.25, 0.3) is 0 Å². The molecule has 0 spiro atoms. The fraction of sp³-hybridized carbons (Fsp3) is 0.0526. The van der Waals surface area contributed by atoms with Crippen molar-refractivity contribution in [1.29, 1.82) is 0 Å². The summed E-state index contributed by atoms with van der Waals surface area (Å²) in [7, 11) is 2.03. The van der Waals surface area contributed by atoms with Crippen molar-refractivity contribution in [3.8, 4) is 5.75 Å². The molecule has 0 saturated carbocycles. The minimum absolute atomic E-state index is 0.853. The normalized spacial score (nSPS) is 15.3. The van der Waals surface area contributed by atoms with E-state index in [1.54, 1.807) is 0 Å². The van der Waals surface area contributed by atoms with Crippen molar-refractivity contribution in [2.24, 2.45) is 0 Å². The van der Waals surface area contributed by atoms with Gasteiger partial charge in [-0.15, -0.1) is 0 Å². The Morgan fingerprint density at radius 3 is 2.48 bits per heavy atom. The monoisotopic (exact) mass is 273 g/mol. The second-order valence-electron chi connectivity index (χ2n) is 5.22. The molecule has 1 heterocycles. The Bertz CT molecular complexity index is 851. The first-order valence-corrected chi connectivity index (χ1v) is 7.02. The van der Waals surface area contributed by atoms with Crippen LogP contribution in [0.2, 0.25) is 0 Å². The van der Waals surface area contributed by atoms with Gasteiger partial charge in [0.1, 0.15) is 0 Å². The SMILES string of the molecule is CN1C(=Cc2ccc3ccccc3c2)Oc2ccccc21. The molecule has 0 saturated heterocycles. The maximum atomic E-state index is 5.92. The quantitative estimate of drug-likeness (QED) is 0.639. The first kappa shape index (κ1) is 12.0. The van der Waals surface area contributed by atoms with Crippen molar-refractivity contribution < 1.29 is 4.74 Å². The zero-order valence-corrected chi connectivity index (χ0v) is 11.8. The van der Waals surface area contributed by atoms with Gasteiger partial charge in [-0.1, -0.05) is 48.5 Å². The van der Waals surface area contributed by atoms with Crippen LogP contribution in [0.1, 0.15) is 5.56 Å². The zero-order valence-electron chi connectivity index (χ0n) is 11.8. The minimum Gasteiger partial charge on any atom is -0.439 e. The van der Waals surface area contributed by atoms with Crippen LogP contribution in [0.25, 0.3) is 16.8 Å². The zero-order chi connectivity index (χ0) is 14.2. The lowest BCUT2D eigenvalue weighted by atomic mass is 10.1. The standard InChI is InChI=1S/C19H15NO/c1-20-17-8-4-5-9-18(17)21-19(20)13-14-10-11-15-6-2-3-7-16(15)12-14/h2-13H,1H3. The van der Waals surface area contributed by atoms with E-state index in [1.165, 1.54) is 10.8 Å². The Kier molecular flexibility index (Phi) is 2.68. The van der Waals surface area contributed by atoms with Crippen LogP contribution in [0, 0.1) is 0 Å². The summed E-state index contributed by atoms with van der Waals surface area (Å²) < 4.78 is 5.92. The fourth-order valence-corrected chi connectivity index (χ4v) is 2.69. The molecule has 0 fully saturated rings. The van der Waals surface area contributed by atoms with E-state index in [-0.39, 0.29) is 0 Å². The van der Waals surface area contributed by atoms with Gasteiger partial charge >= 0.3 is 0 Å². The van der Waals surface area contributed by atoms with E-state index in [0.717, 1.165) is 22.9 Å². The van der Waals surface area contributed by atoms with E-state index in [4.69, 9.17) is 4.74 Å². The molecule has 2 nitrogen and oxygen atoms in total. The number of benzene rings is 3. The molecule has 3 aromatic rings. The number of fused-ring (bicyclic) bond motifs is 2. The Labute approximate surface area is 123 Å². The molecule has 0 amide bonds. The van der Waals surface area contributed by atoms with Crippen LogP contribution in [0.5, 0.6) is 5.75 Å². The van der Waals surface area contributed by atoms with Crippen LogP contribution in [-0.4, -0.2) is 7.05 Å². The molecule has 21 heavy (non-hydrogen) atoms. The van der Waals surface area contributed by atoms with Gasteiger partial charge in [-0.3, -0.25) is 0 Å². The molecule has 3 aromatic carbocycles. The molecular formula is C19H15NO. The summed E-state index contributed by atoms with van der Waals surface area (Å²) in [6.45, 7) is 0. The number of ether oxygens (including phenoxy) is 1. The molecule has 0 unspecified atom stereocenters. The third-order valence-corrected chi connectivity index (χ3v) is 3.84. The molecule has 0 aliphatic carbocycles. The van der Waals surface area contributed by atoms with E-state index in [1.807, 2.05) is 25.2 Å². The summed E-state index contributed by atoms with van der Waals surface area (Å²) in [5.74, 6) is 1.76. The van der Waals surface area contributed by atoms with Gasteiger partial charge in [-0.25, -0.2) is 0 Å². The molecule has 0 radical (unpaired) electrons. The molecule has 1 aliphatic rings. The Morgan fingerprint density at radius 1 is 0.857 bits per heavy atom. The first-order valence-electron chi connectivity index (χ1n) is 7.02. The van der Waals surface area contributed by atoms with Gasteiger partial charge in [0, 0.05) is 13.1 Å². The third-order valence-electron chi connectivity index (χ3n) is 3.84. The Hall–Kier alpha value is -2.74. The van der Waals surface area contributed by atoms with Gasteiger partial charge in [0.05, 0.1) is 5.69 Å². The first-order chi connectivity index (χ1) is 10.3. The van der Waals surface area contributed by atoms with Crippen LogP contribution >= 0.6 is 0 Å². The molecule has 4 rings (SSSR count). The van der Waals surface area contributed by atoms with Gasteiger partial charge in [0.15, 0.2) is 5.75 Å². The summed E-state index contributed by atoms with van der Waals surface area (Å²) in [5.41, 5.74) is 2.24. The van der Waals surface area contributed by atoms with E-state index in [0.29, 0.717) is 0 Å². The summed E-state index contributed by atoms with van der Waals surface area (Å²) in [6, 6.07) is 22.9. The van der Waals surface area contributed by atoms with Crippen molar-refractivity contribution >= 4 is 22.5 Å². The van der Waals surface area contributed by atoms with Crippen molar-refractivity contribution in [3.05, 3.63) is 78.2 Å².